The van der Waals surface area contributed by atoms with Gasteiger partial charge in [-0.05, 0) is 33.5 Å². The van der Waals surface area contributed by atoms with Gasteiger partial charge in [-0.1, -0.05) is 6.82 Å². The molecule has 1 fully saturated rings. The highest BCUT2D eigenvalue weighted by molar-refractivity contribution is 6.33. The first-order chi connectivity index (χ1) is 9.62. The lowest BCUT2D eigenvalue weighted by Crippen LogP contribution is -2.48. The summed E-state index contributed by atoms with van der Waals surface area (Å²) in [5.41, 5.74) is -2.44. The molecule has 1 rings (SSSR count). The maximum atomic E-state index is 12.8. The molecule has 5 nitrogen and oxygen atoms in total. The number of carbonyl (C=O) groups is 2. The van der Waals surface area contributed by atoms with Crippen molar-refractivity contribution in [2.45, 2.75) is 57.9 Å². The van der Waals surface area contributed by atoms with E-state index in [-0.39, 0.29) is 13.0 Å². The summed E-state index contributed by atoms with van der Waals surface area (Å²) >= 11 is 0. The van der Waals surface area contributed by atoms with Gasteiger partial charge in [0.15, 0.2) is 0 Å². The molecule has 2 atom stereocenters. The quantitative estimate of drug-likeness (QED) is 0.464. The number of carbonyl (C=O) groups excluding carboxylic acids is 2. The maximum absolute atomic E-state index is 12.8. The van der Waals surface area contributed by atoms with Crippen LogP contribution in [0, 0.1) is 5.92 Å². The molecule has 0 saturated heterocycles. The Kier molecular flexibility index (Phi) is 5.58. The minimum atomic E-state index is -2.70. The highest BCUT2D eigenvalue weighted by atomic mass is 19.3. The van der Waals surface area contributed by atoms with E-state index in [0.29, 0.717) is 6.32 Å². The van der Waals surface area contributed by atoms with Crippen LogP contribution in [-0.2, 0) is 14.3 Å². The van der Waals surface area contributed by atoms with Crippen molar-refractivity contribution in [1.29, 1.82) is 0 Å². The number of alkyl halides is 2. The fraction of sp³-hybridized carbons (Fsp3) is 0.846. The third kappa shape index (κ3) is 4.86. The Balaban J connectivity index is 2.68. The molecule has 1 N–H and O–H groups in total. The number of alkyl carbamates (subject to hydrolysis) is 1. The smallest absolute Gasteiger partial charge is 0.408 e. The average Bonchev–Trinajstić information content (AvgIpc) is 3.02. The Morgan fingerprint density at radius 3 is 2.48 bits per heavy atom. The van der Waals surface area contributed by atoms with Crippen molar-refractivity contribution >= 4 is 19.3 Å². The number of nitrogens with one attached hydrogen (secondary N) is 1. The fourth-order valence-corrected chi connectivity index (χ4v) is 1.91. The first-order valence-electron chi connectivity index (χ1n) is 6.87. The van der Waals surface area contributed by atoms with Gasteiger partial charge >= 0.3 is 12.1 Å². The number of esters is 1. The second kappa shape index (κ2) is 6.62. The normalized spacial score (nSPS) is 24.4. The molecule has 2 unspecified atom stereocenters. The van der Waals surface area contributed by atoms with Gasteiger partial charge in [0.05, 0.1) is 12.5 Å². The number of rotatable bonds is 6. The largest absolute Gasteiger partial charge is 0.465 e. The second-order valence-corrected chi connectivity index (χ2v) is 6.08. The molecular formula is C13H21BF2NO4. The van der Waals surface area contributed by atoms with E-state index in [4.69, 9.17) is 9.47 Å². The first-order valence-corrected chi connectivity index (χ1v) is 6.87. The molecule has 1 aliphatic rings. The Morgan fingerprint density at radius 1 is 1.43 bits per heavy atom. The van der Waals surface area contributed by atoms with Crippen molar-refractivity contribution in [1.82, 2.24) is 5.32 Å². The van der Waals surface area contributed by atoms with Crippen molar-refractivity contribution in [2.75, 3.05) is 6.61 Å². The molecule has 119 valence electrons. The van der Waals surface area contributed by atoms with E-state index >= 15 is 0 Å². The number of amides is 1. The Hall–Kier alpha value is -1.34. The maximum Gasteiger partial charge on any atom is 0.408 e. The molecule has 0 aromatic carbocycles. The molecule has 0 aliphatic heterocycles. The van der Waals surface area contributed by atoms with Gasteiger partial charge in [0.1, 0.15) is 18.4 Å². The van der Waals surface area contributed by atoms with Gasteiger partial charge in [-0.2, -0.15) is 0 Å². The lowest BCUT2D eigenvalue weighted by Gasteiger charge is -2.23. The zero-order valence-corrected chi connectivity index (χ0v) is 12.7. The molecule has 0 heterocycles. The average molecular weight is 304 g/mol. The molecule has 1 radical (unpaired) electrons. The van der Waals surface area contributed by atoms with Gasteiger partial charge in [0, 0.05) is 0 Å². The summed E-state index contributed by atoms with van der Waals surface area (Å²) in [6.45, 7) is 6.83. The molecule has 0 spiro atoms. The SMILES string of the molecule is C[B]CCOC(=O)C1(NC(=O)OC(C)(C)C)CC1C(F)F. The van der Waals surface area contributed by atoms with Gasteiger partial charge in [-0.15, -0.1) is 0 Å². The van der Waals surface area contributed by atoms with E-state index in [1.807, 2.05) is 0 Å². The van der Waals surface area contributed by atoms with E-state index in [2.05, 4.69) is 5.32 Å². The highest BCUT2D eigenvalue weighted by Crippen LogP contribution is 2.48. The van der Waals surface area contributed by atoms with Gasteiger partial charge in [0.2, 0.25) is 6.43 Å². The third-order valence-electron chi connectivity index (χ3n) is 3.05. The van der Waals surface area contributed by atoms with Gasteiger partial charge < -0.3 is 14.8 Å². The number of hydrogen-bond donors (Lipinski definition) is 1. The van der Waals surface area contributed by atoms with E-state index in [0.717, 1.165) is 0 Å². The minimum absolute atomic E-state index is 0.100. The first kappa shape index (κ1) is 17.7. The van der Waals surface area contributed by atoms with Crippen LogP contribution in [0.2, 0.25) is 13.1 Å². The Morgan fingerprint density at radius 2 is 2.05 bits per heavy atom. The van der Waals surface area contributed by atoms with E-state index in [1.165, 1.54) is 0 Å². The van der Waals surface area contributed by atoms with Crippen molar-refractivity contribution in [3.63, 3.8) is 0 Å². The van der Waals surface area contributed by atoms with Crippen LogP contribution in [0.1, 0.15) is 27.2 Å². The topological polar surface area (TPSA) is 64.6 Å². The predicted molar refractivity (Wildman–Crippen MR) is 73.6 cm³/mol. The lowest BCUT2D eigenvalue weighted by molar-refractivity contribution is -0.148. The summed E-state index contributed by atoms with van der Waals surface area (Å²) in [6.07, 6.45) is -3.22. The Labute approximate surface area is 124 Å². The van der Waals surface area contributed by atoms with Crippen LogP contribution < -0.4 is 5.32 Å². The van der Waals surface area contributed by atoms with Gasteiger partial charge in [-0.3, -0.25) is 0 Å². The van der Waals surface area contributed by atoms with Crippen LogP contribution in [0.4, 0.5) is 13.6 Å². The van der Waals surface area contributed by atoms with Gasteiger partial charge in [-0.25, -0.2) is 18.4 Å². The van der Waals surface area contributed by atoms with Crippen LogP contribution in [0.5, 0.6) is 0 Å². The van der Waals surface area contributed by atoms with Crippen LogP contribution in [0.3, 0.4) is 0 Å². The van der Waals surface area contributed by atoms with Crippen LogP contribution in [-0.4, -0.2) is 43.5 Å². The summed E-state index contributed by atoms with van der Waals surface area (Å²) in [6, 6.07) is 0. The standard InChI is InChI=1S/C13H21BF2NO4/c1-12(2,3)21-11(19)17-13(7-8(13)9(15)16)10(18)20-6-5-14-4/h8-9H,5-7H2,1-4H3,(H,17,19). The number of ether oxygens (including phenoxy) is 2. The summed E-state index contributed by atoms with van der Waals surface area (Å²) in [5, 5.41) is 2.26. The van der Waals surface area contributed by atoms with Crippen LogP contribution in [0.25, 0.3) is 0 Å². The lowest BCUT2D eigenvalue weighted by atomic mass is 9.79. The molecule has 0 aromatic heterocycles. The zero-order chi connectivity index (χ0) is 16.3. The number of hydrogen-bond acceptors (Lipinski definition) is 4. The van der Waals surface area contributed by atoms with Crippen molar-refractivity contribution in [3.8, 4) is 0 Å². The van der Waals surface area contributed by atoms with E-state index in [9.17, 15) is 18.4 Å². The summed E-state index contributed by atoms with van der Waals surface area (Å²) in [5.74, 6) is -2.07. The summed E-state index contributed by atoms with van der Waals surface area (Å²) < 4.78 is 35.6. The molecule has 1 amide bonds. The highest BCUT2D eigenvalue weighted by Gasteiger charge is 2.67. The zero-order valence-electron chi connectivity index (χ0n) is 12.7. The monoisotopic (exact) mass is 304 g/mol. The Bertz CT molecular complexity index is 400. The van der Waals surface area contributed by atoms with Crippen LogP contribution in [0.15, 0.2) is 0 Å². The predicted octanol–water partition coefficient (Wildman–Crippen LogP) is 2.25. The molecule has 0 bridgehead atoms. The van der Waals surface area contributed by atoms with Gasteiger partial charge in [0.25, 0.3) is 0 Å². The second-order valence-electron chi connectivity index (χ2n) is 6.08. The van der Waals surface area contributed by atoms with Crippen LogP contribution >= 0.6 is 0 Å². The molecule has 1 saturated carbocycles. The van der Waals surface area contributed by atoms with Crippen molar-refractivity contribution in [3.05, 3.63) is 0 Å². The fourth-order valence-electron chi connectivity index (χ4n) is 1.91. The number of halogens is 2. The molecule has 0 aromatic rings. The van der Waals surface area contributed by atoms with E-state index in [1.54, 1.807) is 34.9 Å². The molecule has 8 heteroatoms. The van der Waals surface area contributed by atoms with Crippen molar-refractivity contribution in [2.24, 2.45) is 5.92 Å². The minimum Gasteiger partial charge on any atom is -0.465 e. The third-order valence-corrected chi connectivity index (χ3v) is 3.05. The van der Waals surface area contributed by atoms with Crippen molar-refractivity contribution < 1.29 is 27.8 Å². The summed E-state index contributed by atoms with van der Waals surface area (Å²) in [4.78, 5) is 23.7. The summed E-state index contributed by atoms with van der Waals surface area (Å²) in [7, 11) is 1.79. The molecular weight excluding hydrogens is 283 g/mol. The molecule has 21 heavy (non-hydrogen) atoms. The molecule has 1 aliphatic carbocycles. The van der Waals surface area contributed by atoms with E-state index < -0.39 is 35.5 Å².